The molecule has 3 aromatic rings. The lowest BCUT2D eigenvalue weighted by molar-refractivity contribution is 0.186. The van der Waals surface area contributed by atoms with Gasteiger partial charge in [0, 0.05) is 31.2 Å². The zero-order valence-electron chi connectivity index (χ0n) is 26.6. The number of nitrogens with two attached hydrogens (primary N) is 1. The van der Waals surface area contributed by atoms with Crippen LogP contribution < -0.4 is 16.4 Å². The molecule has 2 aromatic carbocycles. The van der Waals surface area contributed by atoms with Gasteiger partial charge in [0.25, 0.3) is 0 Å². The van der Waals surface area contributed by atoms with Gasteiger partial charge in [0.2, 0.25) is 6.19 Å². The van der Waals surface area contributed by atoms with Crippen LogP contribution in [0.15, 0.2) is 117 Å². The molecule has 46 heavy (non-hydrogen) atoms. The van der Waals surface area contributed by atoms with Crippen molar-refractivity contribution in [1.29, 1.82) is 5.26 Å². The number of benzene rings is 2. The first-order valence-electron chi connectivity index (χ1n) is 15.7. The van der Waals surface area contributed by atoms with Crippen molar-refractivity contribution >= 4 is 17.0 Å². The largest absolute Gasteiger partial charge is 0.489 e. The minimum Gasteiger partial charge on any atom is -0.489 e. The van der Waals surface area contributed by atoms with Gasteiger partial charge < -0.3 is 24.6 Å². The molecular formula is C38H39N5O3. The maximum absolute atomic E-state index is 9.35. The van der Waals surface area contributed by atoms with E-state index in [1.807, 2.05) is 60.8 Å². The summed E-state index contributed by atoms with van der Waals surface area (Å²) in [5.41, 5.74) is 15.2. The Labute approximate surface area is 269 Å². The van der Waals surface area contributed by atoms with Gasteiger partial charge in [-0.25, -0.2) is 0 Å². The molecule has 3 aliphatic rings. The van der Waals surface area contributed by atoms with Gasteiger partial charge in [0.1, 0.15) is 24.7 Å². The normalized spacial score (nSPS) is 19.6. The zero-order chi connectivity index (χ0) is 32.0. The van der Waals surface area contributed by atoms with Gasteiger partial charge in [-0.1, -0.05) is 97.4 Å². The Morgan fingerprint density at radius 2 is 1.67 bits per heavy atom. The van der Waals surface area contributed by atoms with Crippen molar-refractivity contribution < 1.29 is 14.0 Å². The lowest BCUT2D eigenvalue weighted by Crippen LogP contribution is -2.35. The molecule has 8 heteroatoms. The molecule has 8 nitrogen and oxygen atoms in total. The second-order valence-corrected chi connectivity index (χ2v) is 12.2. The van der Waals surface area contributed by atoms with E-state index in [9.17, 15) is 5.26 Å². The minimum absolute atomic E-state index is 0.0233. The molecule has 1 aromatic heterocycles. The van der Waals surface area contributed by atoms with Gasteiger partial charge in [-0.2, -0.15) is 10.3 Å². The fourth-order valence-electron chi connectivity index (χ4n) is 6.16. The smallest absolute Gasteiger partial charge is 0.207 e. The first-order valence-corrected chi connectivity index (χ1v) is 15.7. The molecule has 0 fully saturated rings. The summed E-state index contributed by atoms with van der Waals surface area (Å²) in [5.74, 6) is 1.66. The molecule has 0 saturated heterocycles. The Morgan fingerprint density at radius 3 is 2.35 bits per heavy atom. The molecule has 0 unspecified atom stereocenters. The van der Waals surface area contributed by atoms with Crippen LogP contribution in [0.3, 0.4) is 0 Å². The number of nitrogens with zero attached hydrogens (tertiary/aromatic N) is 4. The summed E-state index contributed by atoms with van der Waals surface area (Å²) >= 11 is 0. The molecule has 0 radical (unpaired) electrons. The lowest BCUT2D eigenvalue weighted by Gasteiger charge is -2.29. The van der Waals surface area contributed by atoms with Crippen LogP contribution >= 0.6 is 0 Å². The first kappa shape index (κ1) is 30.9. The fourth-order valence-corrected chi connectivity index (χ4v) is 6.16. The quantitative estimate of drug-likeness (QED) is 0.206. The van der Waals surface area contributed by atoms with Gasteiger partial charge in [-0.15, -0.1) is 0 Å². The van der Waals surface area contributed by atoms with E-state index in [-0.39, 0.29) is 11.8 Å². The average molecular weight is 614 g/mol. The third kappa shape index (κ3) is 6.75. The molecule has 6 rings (SSSR count). The van der Waals surface area contributed by atoms with Crippen LogP contribution in [0.5, 0.6) is 0 Å². The van der Waals surface area contributed by atoms with Crippen LogP contribution in [0.25, 0.3) is 11.1 Å². The molecule has 0 bridgehead atoms. The number of ether oxygens (including phenoxy) is 2. The van der Waals surface area contributed by atoms with Crippen LogP contribution in [-0.2, 0) is 22.7 Å². The van der Waals surface area contributed by atoms with E-state index in [0.29, 0.717) is 36.5 Å². The second-order valence-electron chi connectivity index (χ2n) is 12.2. The summed E-state index contributed by atoms with van der Waals surface area (Å²) in [6.07, 6.45) is 10.4. The fraction of sp³-hybridized carbons (Fsp3) is 0.289. The highest BCUT2D eigenvalue weighted by Crippen LogP contribution is 2.36. The van der Waals surface area contributed by atoms with Gasteiger partial charge in [0.15, 0.2) is 16.9 Å². The van der Waals surface area contributed by atoms with Crippen molar-refractivity contribution in [1.82, 2.24) is 10.1 Å². The highest BCUT2D eigenvalue weighted by atomic mass is 16.5. The van der Waals surface area contributed by atoms with Gasteiger partial charge in [-0.3, -0.25) is 0 Å². The van der Waals surface area contributed by atoms with Crippen molar-refractivity contribution in [2.75, 3.05) is 20.1 Å². The maximum atomic E-state index is 9.35. The molecule has 2 heterocycles. The summed E-state index contributed by atoms with van der Waals surface area (Å²) in [6.45, 7) is 7.07. The number of aromatic nitrogens is 1. The van der Waals surface area contributed by atoms with Crippen LogP contribution in [0.4, 0.5) is 0 Å². The van der Waals surface area contributed by atoms with E-state index in [4.69, 9.17) is 19.7 Å². The van der Waals surface area contributed by atoms with Crippen molar-refractivity contribution in [3.05, 3.63) is 135 Å². The number of hydrogen-bond donors (Lipinski definition) is 1. The standard InChI is InChI=1S/C38H39N5O3/c1-25(2)31-19-32(34(45-23-27-12-8-5-9-13-27)20-33(31)44-22-26-10-6-4-7-11-26)37-35(36(42-46-37)38(40)41-24-39)29-14-15-30-21-43(3)17-16-28(30)18-29/h4-15,20,25H,16-19,21-23H2,1-3H3,(H2,40,41). The van der Waals surface area contributed by atoms with Crippen molar-refractivity contribution in [3.63, 3.8) is 0 Å². The Hall–Kier alpha value is -5.13. The Kier molecular flexibility index (Phi) is 9.32. The van der Waals surface area contributed by atoms with Crippen molar-refractivity contribution in [2.45, 2.75) is 46.3 Å². The lowest BCUT2D eigenvalue weighted by atomic mass is 9.86. The molecule has 1 aliphatic heterocycles. The summed E-state index contributed by atoms with van der Waals surface area (Å²) in [5, 5.41) is 14.5. The summed E-state index contributed by atoms with van der Waals surface area (Å²) in [6, 6.07) is 20.2. The van der Waals surface area contributed by atoms with Gasteiger partial charge >= 0.3 is 0 Å². The number of aliphatic imine (C=N–C) groups is 1. The summed E-state index contributed by atoms with van der Waals surface area (Å²) in [4.78, 5) is 6.17. The molecule has 0 spiro atoms. The van der Waals surface area contributed by atoms with Crippen LogP contribution in [-0.4, -0.2) is 36.0 Å². The van der Waals surface area contributed by atoms with E-state index in [0.717, 1.165) is 64.8 Å². The molecule has 2 aliphatic carbocycles. The molecule has 0 atom stereocenters. The molecular weight excluding hydrogens is 574 g/mol. The third-order valence-electron chi connectivity index (χ3n) is 8.69. The van der Waals surface area contributed by atoms with Crippen molar-refractivity contribution in [3.8, 4) is 6.19 Å². The Balaban J connectivity index is 1.52. The molecule has 0 amide bonds. The van der Waals surface area contributed by atoms with Gasteiger partial charge in [0.05, 0.1) is 5.22 Å². The minimum atomic E-state index is 0.0233. The van der Waals surface area contributed by atoms with Crippen LogP contribution in [0.2, 0.25) is 0 Å². The van der Waals surface area contributed by atoms with E-state index in [1.54, 1.807) is 0 Å². The Bertz CT molecular complexity index is 1920. The van der Waals surface area contributed by atoms with E-state index in [2.05, 4.69) is 60.2 Å². The second kappa shape index (κ2) is 13.9. The number of nitriles is 1. The number of allylic oxidation sites excluding steroid dienone is 4. The Morgan fingerprint density at radius 1 is 1.00 bits per heavy atom. The monoisotopic (exact) mass is 613 g/mol. The van der Waals surface area contributed by atoms with E-state index < -0.39 is 0 Å². The summed E-state index contributed by atoms with van der Waals surface area (Å²) < 4.78 is 19.2. The third-order valence-corrected chi connectivity index (χ3v) is 8.69. The molecule has 234 valence electrons. The number of likely N-dealkylation sites (N-methyl/N-ethyl adjacent to an activating group) is 1. The number of hydrogen-bond acceptors (Lipinski definition) is 7. The molecule has 0 saturated carbocycles. The first-order chi connectivity index (χ1) is 22.4. The number of amidine groups is 1. The van der Waals surface area contributed by atoms with E-state index >= 15 is 0 Å². The summed E-state index contributed by atoms with van der Waals surface area (Å²) in [7, 11) is 2.15. The zero-order valence-corrected chi connectivity index (χ0v) is 26.6. The number of rotatable bonds is 8. The predicted octanol–water partition coefficient (Wildman–Crippen LogP) is 5.39. The SMILES string of the molecule is CC(C)C1=C(OCc2ccccc2)C=C(OCc2ccccc2)C(=c2onc(C(N)=NC#N)c2=C2C=CC3=C(CCN(C)C3)C2)C1. The van der Waals surface area contributed by atoms with Crippen molar-refractivity contribution in [2.24, 2.45) is 16.6 Å². The maximum Gasteiger partial charge on any atom is 0.207 e. The highest BCUT2D eigenvalue weighted by molar-refractivity contribution is 5.97. The van der Waals surface area contributed by atoms with Gasteiger partial charge in [-0.05, 0) is 53.7 Å². The van der Waals surface area contributed by atoms with Crippen LogP contribution in [0, 0.1) is 17.4 Å². The predicted molar refractivity (Wildman–Crippen MR) is 179 cm³/mol. The average Bonchev–Trinajstić information content (AvgIpc) is 3.52. The highest BCUT2D eigenvalue weighted by Gasteiger charge is 2.28. The topological polar surface area (TPSA) is 110 Å². The molecule has 2 N–H and O–H groups in total. The van der Waals surface area contributed by atoms with Crippen LogP contribution in [0.1, 0.15) is 49.9 Å². The van der Waals surface area contributed by atoms with E-state index in [1.165, 1.54) is 11.1 Å².